The van der Waals surface area contributed by atoms with Gasteiger partial charge in [0.1, 0.15) is 11.5 Å². The van der Waals surface area contributed by atoms with E-state index in [-0.39, 0.29) is 17.9 Å². The van der Waals surface area contributed by atoms with Gasteiger partial charge in [0, 0.05) is 24.5 Å². The highest BCUT2D eigenvalue weighted by atomic mass is 16.5. The molecule has 1 saturated heterocycles. The van der Waals surface area contributed by atoms with Gasteiger partial charge in [0.15, 0.2) is 11.5 Å². The zero-order valence-corrected chi connectivity index (χ0v) is 19.7. The molecule has 8 nitrogen and oxygen atoms in total. The first-order valence-corrected chi connectivity index (χ1v) is 11.0. The maximum absolute atomic E-state index is 13.2. The number of ketones is 1. The molecule has 1 N–H and O–H groups in total. The summed E-state index contributed by atoms with van der Waals surface area (Å²) in [6.07, 6.45) is 3.67. The molecule has 1 fully saturated rings. The van der Waals surface area contributed by atoms with Crippen LogP contribution in [-0.4, -0.2) is 54.6 Å². The standard InChI is InChI=1S/C27H26N2O6/c1-33-20-8-4-6-18(15-20)25(30)23-24(19-7-5-12-28-16-19)29(27(32)26(23)31)13-11-17-9-10-21(34-2)22(14-17)35-3/h4-10,12,14-16,24,30H,11,13H2,1-3H3. The van der Waals surface area contributed by atoms with Crippen LogP contribution in [0.3, 0.4) is 0 Å². The van der Waals surface area contributed by atoms with E-state index in [0.717, 1.165) is 5.56 Å². The molecule has 2 aromatic carbocycles. The third kappa shape index (κ3) is 4.68. The summed E-state index contributed by atoms with van der Waals surface area (Å²) in [4.78, 5) is 31.9. The minimum atomic E-state index is -0.782. The number of hydrogen-bond acceptors (Lipinski definition) is 7. The van der Waals surface area contributed by atoms with Gasteiger partial charge in [-0.15, -0.1) is 0 Å². The molecule has 4 rings (SSSR count). The van der Waals surface area contributed by atoms with E-state index >= 15 is 0 Å². The molecule has 1 atom stereocenters. The van der Waals surface area contributed by atoms with Crippen molar-refractivity contribution in [2.75, 3.05) is 27.9 Å². The lowest BCUT2D eigenvalue weighted by Crippen LogP contribution is -2.31. The van der Waals surface area contributed by atoms with Crippen LogP contribution in [0.25, 0.3) is 5.76 Å². The third-order valence-electron chi connectivity index (χ3n) is 5.97. The van der Waals surface area contributed by atoms with Gasteiger partial charge in [0.2, 0.25) is 0 Å². The van der Waals surface area contributed by atoms with Crippen LogP contribution in [0.1, 0.15) is 22.7 Å². The second kappa shape index (κ2) is 10.3. The number of pyridine rings is 1. The topological polar surface area (TPSA) is 98.2 Å². The second-order valence-corrected chi connectivity index (χ2v) is 7.95. The molecular formula is C27H26N2O6. The molecule has 0 bridgehead atoms. The number of aromatic nitrogens is 1. The summed E-state index contributed by atoms with van der Waals surface area (Å²) in [5, 5.41) is 11.2. The number of nitrogens with zero attached hydrogens (tertiary/aromatic N) is 2. The van der Waals surface area contributed by atoms with Crippen LogP contribution >= 0.6 is 0 Å². The molecule has 0 saturated carbocycles. The van der Waals surface area contributed by atoms with E-state index in [1.165, 1.54) is 12.0 Å². The van der Waals surface area contributed by atoms with Crippen molar-refractivity contribution in [3.8, 4) is 17.2 Å². The third-order valence-corrected chi connectivity index (χ3v) is 5.97. The van der Waals surface area contributed by atoms with Crippen molar-refractivity contribution in [3.05, 3.63) is 89.3 Å². The normalized spacial score (nSPS) is 16.9. The Bertz CT molecular complexity index is 1270. The average Bonchev–Trinajstić information content (AvgIpc) is 3.16. The van der Waals surface area contributed by atoms with Gasteiger partial charge in [-0.3, -0.25) is 14.6 Å². The van der Waals surface area contributed by atoms with Gasteiger partial charge in [-0.25, -0.2) is 0 Å². The van der Waals surface area contributed by atoms with E-state index in [9.17, 15) is 14.7 Å². The number of benzene rings is 2. The van der Waals surface area contributed by atoms with Gasteiger partial charge >= 0.3 is 0 Å². The molecule has 2 heterocycles. The molecule has 1 aliphatic heterocycles. The van der Waals surface area contributed by atoms with E-state index in [2.05, 4.69) is 4.98 Å². The summed E-state index contributed by atoms with van der Waals surface area (Å²) >= 11 is 0. The van der Waals surface area contributed by atoms with E-state index < -0.39 is 17.7 Å². The van der Waals surface area contributed by atoms with Gasteiger partial charge in [-0.2, -0.15) is 0 Å². The highest BCUT2D eigenvalue weighted by Gasteiger charge is 2.46. The van der Waals surface area contributed by atoms with Crippen molar-refractivity contribution >= 4 is 17.4 Å². The second-order valence-electron chi connectivity index (χ2n) is 7.95. The average molecular weight is 475 g/mol. The zero-order chi connectivity index (χ0) is 24.9. The van der Waals surface area contributed by atoms with Crippen LogP contribution in [0, 0.1) is 0 Å². The van der Waals surface area contributed by atoms with Crippen molar-refractivity contribution in [3.63, 3.8) is 0 Å². The monoisotopic (exact) mass is 474 g/mol. The number of hydrogen-bond donors (Lipinski definition) is 1. The highest BCUT2D eigenvalue weighted by Crippen LogP contribution is 2.39. The number of methoxy groups -OCH3 is 3. The van der Waals surface area contributed by atoms with Gasteiger partial charge in [0.05, 0.1) is 32.9 Å². The van der Waals surface area contributed by atoms with Gasteiger partial charge in [0.25, 0.3) is 11.7 Å². The number of likely N-dealkylation sites (tertiary alicyclic amines) is 1. The van der Waals surface area contributed by atoms with Gasteiger partial charge in [-0.1, -0.05) is 24.3 Å². The van der Waals surface area contributed by atoms with Crippen molar-refractivity contribution in [1.82, 2.24) is 9.88 Å². The van der Waals surface area contributed by atoms with Crippen LogP contribution in [0.4, 0.5) is 0 Å². The zero-order valence-electron chi connectivity index (χ0n) is 19.7. The predicted octanol–water partition coefficient (Wildman–Crippen LogP) is 3.77. The van der Waals surface area contributed by atoms with Gasteiger partial charge < -0.3 is 24.2 Å². The molecule has 3 aromatic rings. The fourth-order valence-corrected chi connectivity index (χ4v) is 4.21. The quantitative estimate of drug-likeness (QED) is 0.301. The fraction of sp³-hybridized carbons (Fsp3) is 0.222. The Hall–Kier alpha value is -4.33. The van der Waals surface area contributed by atoms with Crippen molar-refractivity contribution in [2.45, 2.75) is 12.5 Å². The van der Waals surface area contributed by atoms with Crippen LogP contribution in [0.2, 0.25) is 0 Å². The first kappa shape index (κ1) is 23.8. The van der Waals surface area contributed by atoms with Crippen LogP contribution < -0.4 is 14.2 Å². The first-order valence-electron chi connectivity index (χ1n) is 11.0. The highest BCUT2D eigenvalue weighted by molar-refractivity contribution is 6.46. The minimum absolute atomic E-state index is 0.0172. The number of amides is 1. The minimum Gasteiger partial charge on any atom is -0.507 e. The van der Waals surface area contributed by atoms with Gasteiger partial charge in [-0.05, 0) is 47.9 Å². The van der Waals surface area contributed by atoms with E-state index in [4.69, 9.17) is 14.2 Å². The summed E-state index contributed by atoms with van der Waals surface area (Å²) in [6, 6.07) is 15.0. The SMILES string of the molecule is COc1cccc(C(O)=C2C(=O)C(=O)N(CCc3ccc(OC)c(OC)c3)C2c2cccnc2)c1. The summed E-state index contributed by atoms with van der Waals surface area (Å²) in [5.74, 6) is 0.0221. The number of ether oxygens (including phenoxy) is 3. The maximum Gasteiger partial charge on any atom is 0.295 e. The Morgan fingerprint density at radius 2 is 1.77 bits per heavy atom. The lowest BCUT2D eigenvalue weighted by atomic mass is 9.96. The van der Waals surface area contributed by atoms with Crippen LogP contribution in [0.5, 0.6) is 17.2 Å². The predicted molar refractivity (Wildman–Crippen MR) is 129 cm³/mol. The number of Topliss-reactive ketones (excluding diaryl/α,β-unsaturated/α-hetero) is 1. The molecule has 180 valence electrons. The summed E-state index contributed by atoms with van der Waals surface area (Å²) in [6.45, 7) is 0.245. The fourth-order valence-electron chi connectivity index (χ4n) is 4.21. The molecule has 8 heteroatoms. The maximum atomic E-state index is 13.2. The number of carbonyl (C=O) groups excluding carboxylic acids is 2. The largest absolute Gasteiger partial charge is 0.507 e. The summed E-state index contributed by atoms with van der Waals surface area (Å²) < 4.78 is 15.9. The molecule has 1 aliphatic rings. The lowest BCUT2D eigenvalue weighted by molar-refractivity contribution is -0.139. The molecule has 0 aliphatic carbocycles. The van der Waals surface area contributed by atoms with Crippen molar-refractivity contribution < 1.29 is 28.9 Å². The number of aliphatic hydroxyl groups excluding tert-OH is 1. The molecule has 0 radical (unpaired) electrons. The molecule has 1 aromatic heterocycles. The summed E-state index contributed by atoms with van der Waals surface area (Å²) in [7, 11) is 4.64. The number of rotatable bonds is 8. The Morgan fingerprint density at radius 3 is 2.46 bits per heavy atom. The van der Waals surface area contributed by atoms with E-state index in [1.54, 1.807) is 69.1 Å². The molecule has 35 heavy (non-hydrogen) atoms. The van der Waals surface area contributed by atoms with Crippen LogP contribution in [-0.2, 0) is 16.0 Å². The molecule has 1 unspecified atom stereocenters. The first-order chi connectivity index (χ1) is 17.0. The number of aliphatic hydroxyl groups is 1. The Morgan fingerprint density at radius 1 is 0.971 bits per heavy atom. The van der Waals surface area contributed by atoms with E-state index in [0.29, 0.717) is 34.8 Å². The Balaban J connectivity index is 1.73. The molecule has 1 amide bonds. The lowest BCUT2D eigenvalue weighted by Gasteiger charge is -2.25. The van der Waals surface area contributed by atoms with Crippen LogP contribution in [0.15, 0.2) is 72.6 Å². The molecular weight excluding hydrogens is 448 g/mol. The smallest absolute Gasteiger partial charge is 0.295 e. The Labute approximate surface area is 203 Å². The number of carbonyl (C=O) groups is 2. The molecule has 0 spiro atoms. The Kier molecular flexibility index (Phi) is 7.01. The van der Waals surface area contributed by atoms with E-state index in [1.807, 2.05) is 12.1 Å². The van der Waals surface area contributed by atoms with Crippen molar-refractivity contribution in [2.24, 2.45) is 0 Å². The van der Waals surface area contributed by atoms with Crippen molar-refractivity contribution in [1.29, 1.82) is 0 Å². The summed E-state index contributed by atoms with van der Waals surface area (Å²) in [5.41, 5.74) is 1.94.